The fourth-order valence-electron chi connectivity index (χ4n) is 9.52. The summed E-state index contributed by atoms with van der Waals surface area (Å²) >= 11 is 0. The van der Waals surface area contributed by atoms with Crippen LogP contribution in [0.5, 0.6) is 0 Å². The molecular formula is C72H66. The molecule has 0 saturated carbocycles. The van der Waals surface area contributed by atoms with E-state index < -0.39 is 0 Å². The molecule has 0 saturated heterocycles. The number of hydrogen-bond acceptors (Lipinski definition) is 0. The largest absolute Gasteiger partial charge is 0.0622 e. The number of aryl methyl sites for hydroxylation is 8. The lowest BCUT2D eigenvalue weighted by atomic mass is 9.96. The maximum Gasteiger partial charge on any atom is -0.0103 e. The van der Waals surface area contributed by atoms with Crippen molar-refractivity contribution in [1.82, 2.24) is 0 Å². The molecule has 0 aliphatic carbocycles. The summed E-state index contributed by atoms with van der Waals surface area (Å²) in [5.74, 6) is 0. The van der Waals surface area contributed by atoms with Crippen molar-refractivity contribution >= 4 is 43.1 Å². The van der Waals surface area contributed by atoms with Crippen LogP contribution in [0.4, 0.5) is 0 Å². The molecule has 0 atom stereocenters. The van der Waals surface area contributed by atoms with Crippen LogP contribution in [0.3, 0.4) is 0 Å². The lowest BCUT2D eigenvalue weighted by Gasteiger charge is -2.09. The van der Waals surface area contributed by atoms with Crippen LogP contribution in [0.1, 0.15) is 44.5 Å². The number of rotatable bonds is 3. The maximum atomic E-state index is 2.26. The lowest BCUT2D eigenvalue weighted by molar-refractivity contribution is 1.32. The molecule has 0 nitrogen and oxygen atoms in total. The molecule has 0 heterocycles. The second-order valence-corrected chi connectivity index (χ2v) is 19.1. The second-order valence-electron chi connectivity index (χ2n) is 19.1. The van der Waals surface area contributed by atoms with Crippen LogP contribution < -0.4 is 0 Å². The Balaban J connectivity index is 0.000000123. The van der Waals surface area contributed by atoms with Crippen LogP contribution in [-0.4, -0.2) is 0 Å². The molecule has 0 N–H and O–H groups in total. The minimum absolute atomic E-state index is 1.27. The highest BCUT2D eigenvalue weighted by atomic mass is 14.1. The number of hydrogen-bond donors (Lipinski definition) is 0. The van der Waals surface area contributed by atoms with Gasteiger partial charge in [0.2, 0.25) is 0 Å². The fourth-order valence-corrected chi connectivity index (χ4v) is 9.52. The Morgan fingerprint density at radius 3 is 1.08 bits per heavy atom. The van der Waals surface area contributed by atoms with Gasteiger partial charge in [-0.15, -0.1) is 0 Å². The predicted molar refractivity (Wildman–Crippen MR) is 316 cm³/mol. The highest BCUT2D eigenvalue weighted by molar-refractivity contribution is 5.99. The van der Waals surface area contributed by atoms with Crippen LogP contribution in [0.15, 0.2) is 255 Å². The van der Waals surface area contributed by atoms with Gasteiger partial charge in [0, 0.05) is 0 Å². The van der Waals surface area contributed by atoms with Gasteiger partial charge in [-0.25, -0.2) is 0 Å². The molecule has 0 heteroatoms. The summed E-state index contributed by atoms with van der Waals surface area (Å²) in [7, 11) is 0. The highest BCUT2D eigenvalue weighted by Gasteiger charge is 2.06. The first-order chi connectivity index (χ1) is 35.0. The van der Waals surface area contributed by atoms with E-state index in [4.69, 9.17) is 0 Å². The fraction of sp³-hybridized carbons (Fsp3) is 0.111. The Hall–Kier alpha value is -8.32. The van der Waals surface area contributed by atoms with Crippen LogP contribution in [0.25, 0.3) is 76.5 Å². The van der Waals surface area contributed by atoms with Crippen molar-refractivity contribution in [1.29, 1.82) is 0 Å². The Labute approximate surface area is 429 Å². The van der Waals surface area contributed by atoms with Crippen LogP contribution in [0.2, 0.25) is 0 Å². The lowest BCUT2D eigenvalue weighted by Crippen LogP contribution is -1.83. The maximum absolute atomic E-state index is 2.26. The Morgan fingerprint density at radius 2 is 0.556 bits per heavy atom. The number of benzene rings is 12. The third-order valence-corrected chi connectivity index (χ3v) is 13.1. The first kappa shape index (κ1) is 50.1. The van der Waals surface area contributed by atoms with E-state index in [-0.39, 0.29) is 0 Å². The molecule has 12 rings (SSSR count). The average Bonchev–Trinajstić information content (AvgIpc) is 3.40. The summed E-state index contributed by atoms with van der Waals surface area (Å²) in [4.78, 5) is 0. The van der Waals surface area contributed by atoms with Gasteiger partial charge in [0.25, 0.3) is 0 Å². The van der Waals surface area contributed by atoms with E-state index in [1.165, 1.54) is 121 Å². The molecule has 0 bridgehead atoms. The predicted octanol–water partition coefficient (Wildman–Crippen LogP) is 20.5. The van der Waals surface area contributed by atoms with Crippen molar-refractivity contribution in [2.24, 2.45) is 0 Å². The van der Waals surface area contributed by atoms with Crippen molar-refractivity contribution in [2.45, 2.75) is 55.4 Å². The highest BCUT2D eigenvalue weighted by Crippen LogP contribution is 2.32. The zero-order valence-corrected chi connectivity index (χ0v) is 43.2. The van der Waals surface area contributed by atoms with E-state index in [1.807, 2.05) is 0 Å². The molecular weight excluding hydrogens is 865 g/mol. The minimum Gasteiger partial charge on any atom is -0.0622 e. The van der Waals surface area contributed by atoms with Crippen molar-refractivity contribution in [3.8, 4) is 33.4 Å². The van der Waals surface area contributed by atoms with E-state index >= 15 is 0 Å². The molecule has 0 unspecified atom stereocenters. The molecule has 0 radical (unpaired) electrons. The van der Waals surface area contributed by atoms with Gasteiger partial charge in [0.05, 0.1) is 0 Å². The normalized spacial score (nSPS) is 10.5. The molecule has 0 spiro atoms. The van der Waals surface area contributed by atoms with Gasteiger partial charge in [-0.1, -0.05) is 282 Å². The molecule has 0 amide bonds. The third kappa shape index (κ3) is 13.1. The second kappa shape index (κ2) is 24.0. The van der Waals surface area contributed by atoms with Crippen molar-refractivity contribution < 1.29 is 0 Å². The van der Waals surface area contributed by atoms with Gasteiger partial charge < -0.3 is 0 Å². The van der Waals surface area contributed by atoms with Crippen molar-refractivity contribution in [3.05, 3.63) is 299 Å². The van der Waals surface area contributed by atoms with Crippen molar-refractivity contribution in [2.75, 3.05) is 0 Å². The van der Waals surface area contributed by atoms with Gasteiger partial charge in [-0.05, 0) is 149 Å². The molecule has 0 aliphatic rings. The topological polar surface area (TPSA) is 0 Å². The summed E-state index contributed by atoms with van der Waals surface area (Å²) in [5.41, 5.74) is 18.4. The summed E-state index contributed by atoms with van der Waals surface area (Å²) in [5, 5.41) is 10.6. The smallest absolute Gasteiger partial charge is 0.0103 e. The first-order valence-corrected chi connectivity index (χ1v) is 25.1. The van der Waals surface area contributed by atoms with Crippen molar-refractivity contribution in [3.63, 3.8) is 0 Å². The molecule has 12 aromatic rings. The van der Waals surface area contributed by atoms with E-state index in [2.05, 4.69) is 310 Å². The van der Waals surface area contributed by atoms with E-state index in [0.717, 1.165) is 0 Å². The number of fused-ring (bicyclic) bond motifs is 4. The van der Waals surface area contributed by atoms with E-state index in [1.54, 1.807) is 0 Å². The van der Waals surface area contributed by atoms with Crippen LogP contribution in [0, 0.1) is 55.4 Å². The minimum atomic E-state index is 1.27. The SMILES string of the molecule is Cc1cc(C)cc(C)c1.Cc1ccc(-c2ccccc2)c2ccccc12.Cc1ccc2cc(C)ccc2c1.Cc1ccc2ccc(-c3ccccc3)cc2c1.Cc1cccc2c(-c3ccccc3)cccc12. The summed E-state index contributed by atoms with van der Waals surface area (Å²) in [6, 6.07) is 90.5. The monoisotopic (exact) mass is 931 g/mol. The van der Waals surface area contributed by atoms with Crippen LogP contribution >= 0.6 is 0 Å². The summed E-state index contributed by atoms with van der Waals surface area (Å²) in [6.45, 7) is 17.1. The van der Waals surface area contributed by atoms with Crippen LogP contribution in [-0.2, 0) is 0 Å². The Morgan fingerprint density at radius 1 is 0.181 bits per heavy atom. The molecule has 12 aromatic carbocycles. The standard InChI is InChI=1S/3C17H14.C12H12.C9H12/c1-13-7-5-12-17-15(13)10-6-11-16(17)14-8-3-2-4-9-14;1-13-11-12-16(14-7-3-2-4-8-14)17-10-6-5-9-15(13)17;1-13-7-8-15-9-10-16(12-17(15)11-13)14-5-3-2-4-6-14;1-9-3-5-12-8-10(2)4-6-11(12)7-9;1-7-4-8(2)6-9(3)5-7/h3*2-12H,1H3;3-8H,1-2H3;4-6H,1-3H3. The zero-order valence-electron chi connectivity index (χ0n) is 43.2. The summed E-state index contributed by atoms with van der Waals surface area (Å²) in [6.07, 6.45) is 0. The Kier molecular flexibility index (Phi) is 16.7. The van der Waals surface area contributed by atoms with Gasteiger partial charge >= 0.3 is 0 Å². The first-order valence-electron chi connectivity index (χ1n) is 25.1. The van der Waals surface area contributed by atoms with Gasteiger partial charge in [-0.3, -0.25) is 0 Å². The molecule has 0 aliphatic heterocycles. The van der Waals surface area contributed by atoms with E-state index in [9.17, 15) is 0 Å². The zero-order chi connectivity index (χ0) is 50.4. The van der Waals surface area contributed by atoms with Gasteiger partial charge in [0.15, 0.2) is 0 Å². The third-order valence-electron chi connectivity index (χ3n) is 13.1. The molecule has 0 fully saturated rings. The molecule has 72 heavy (non-hydrogen) atoms. The van der Waals surface area contributed by atoms with E-state index in [0.29, 0.717) is 0 Å². The van der Waals surface area contributed by atoms with Gasteiger partial charge in [0.1, 0.15) is 0 Å². The summed E-state index contributed by atoms with van der Waals surface area (Å²) < 4.78 is 0. The average molecular weight is 931 g/mol. The molecule has 354 valence electrons. The van der Waals surface area contributed by atoms with Gasteiger partial charge in [-0.2, -0.15) is 0 Å². The quantitative estimate of drug-likeness (QED) is 0.166. The molecule has 0 aromatic heterocycles. The Bertz CT molecular complexity index is 3530.